The van der Waals surface area contributed by atoms with E-state index in [1.54, 1.807) is 4.68 Å². The number of nitrogens with zero attached hydrogens (tertiary/aromatic N) is 5. The van der Waals surface area contributed by atoms with E-state index in [9.17, 15) is 4.79 Å². The second-order valence-corrected chi connectivity index (χ2v) is 8.06. The van der Waals surface area contributed by atoms with E-state index in [4.69, 9.17) is 0 Å². The number of hydrogen-bond acceptors (Lipinski definition) is 5. The number of amides is 1. The zero-order valence-corrected chi connectivity index (χ0v) is 16.2. The van der Waals surface area contributed by atoms with E-state index in [2.05, 4.69) is 33.7 Å². The second-order valence-electron chi connectivity index (χ2n) is 6.75. The van der Waals surface area contributed by atoms with Gasteiger partial charge in [-0.25, -0.2) is 0 Å². The molecule has 0 aliphatic carbocycles. The van der Waals surface area contributed by atoms with Gasteiger partial charge in [0.1, 0.15) is 0 Å². The number of carbonyl (C=O) groups is 1. The molecule has 0 saturated heterocycles. The highest BCUT2D eigenvalue weighted by Gasteiger charge is 2.26. The molecule has 4 rings (SSSR count). The Kier molecular flexibility index (Phi) is 4.94. The first kappa shape index (κ1) is 17.7. The van der Waals surface area contributed by atoms with Gasteiger partial charge in [-0.2, -0.15) is 4.68 Å². The topological polar surface area (TPSA) is 63.9 Å². The molecule has 0 bridgehead atoms. The van der Waals surface area contributed by atoms with Crippen LogP contribution >= 0.6 is 11.8 Å². The van der Waals surface area contributed by atoms with Crippen LogP contribution < -0.4 is 0 Å². The predicted molar refractivity (Wildman–Crippen MR) is 105 cm³/mol. The van der Waals surface area contributed by atoms with Crippen molar-refractivity contribution in [2.45, 2.75) is 37.2 Å². The Bertz CT molecular complexity index is 953. The monoisotopic (exact) mass is 379 g/mol. The Morgan fingerprint density at radius 3 is 2.63 bits per heavy atom. The highest BCUT2D eigenvalue weighted by Crippen LogP contribution is 2.26. The van der Waals surface area contributed by atoms with Gasteiger partial charge in [-0.05, 0) is 54.0 Å². The predicted octanol–water partition coefficient (Wildman–Crippen LogP) is 3.04. The Balaban J connectivity index is 1.47. The summed E-state index contributed by atoms with van der Waals surface area (Å²) < 4.78 is 1.68. The maximum atomic E-state index is 13.0. The summed E-state index contributed by atoms with van der Waals surface area (Å²) in [5.74, 6) is 0.118. The SMILES string of the molecule is Cc1ccc(-n2nnnc2S[C@H](C)C(=O)N2CCc3ccccc3C2)cc1. The van der Waals surface area contributed by atoms with E-state index in [1.807, 2.05) is 49.1 Å². The van der Waals surface area contributed by atoms with Crippen LogP contribution in [0.1, 0.15) is 23.6 Å². The van der Waals surface area contributed by atoms with Crippen molar-refractivity contribution in [3.63, 3.8) is 0 Å². The van der Waals surface area contributed by atoms with Gasteiger partial charge in [0, 0.05) is 13.1 Å². The molecular formula is C20H21N5OS. The normalized spacial score (nSPS) is 14.7. The van der Waals surface area contributed by atoms with E-state index < -0.39 is 0 Å². The van der Waals surface area contributed by atoms with Crippen molar-refractivity contribution in [3.05, 3.63) is 65.2 Å². The Morgan fingerprint density at radius 2 is 1.85 bits per heavy atom. The van der Waals surface area contributed by atoms with Crippen molar-refractivity contribution in [1.29, 1.82) is 0 Å². The van der Waals surface area contributed by atoms with E-state index >= 15 is 0 Å². The lowest BCUT2D eigenvalue weighted by molar-refractivity contribution is -0.131. The van der Waals surface area contributed by atoms with Crippen molar-refractivity contribution >= 4 is 17.7 Å². The van der Waals surface area contributed by atoms with Crippen LogP contribution in [0.2, 0.25) is 0 Å². The molecule has 1 aromatic heterocycles. The summed E-state index contributed by atoms with van der Waals surface area (Å²) in [6.45, 7) is 5.38. The fourth-order valence-corrected chi connectivity index (χ4v) is 4.14. The van der Waals surface area contributed by atoms with Crippen molar-refractivity contribution < 1.29 is 4.79 Å². The zero-order valence-electron chi connectivity index (χ0n) is 15.4. The average molecular weight is 379 g/mol. The Hall–Kier alpha value is -2.67. The molecule has 0 N–H and O–H groups in total. The van der Waals surface area contributed by atoms with Gasteiger partial charge in [-0.1, -0.05) is 53.7 Å². The number of thioether (sulfide) groups is 1. The lowest BCUT2D eigenvalue weighted by atomic mass is 10.00. The number of hydrogen-bond donors (Lipinski definition) is 0. The zero-order chi connectivity index (χ0) is 18.8. The minimum Gasteiger partial charge on any atom is -0.337 e. The molecule has 0 saturated carbocycles. The molecule has 7 heteroatoms. The quantitative estimate of drug-likeness (QED) is 0.652. The smallest absolute Gasteiger partial charge is 0.236 e. The molecule has 0 radical (unpaired) electrons. The molecule has 6 nitrogen and oxygen atoms in total. The lowest BCUT2D eigenvalue weighted by Gasteiger charge is -2.30. The fraction of sp³-hybridized carbons (Fsp3) is 0.300. The van der Waals surface area contributed by atoms with Crippen molar-refractivity contribution in [2.24, 2.45) is 0 Å². The van der Waals surface area contributed by atoms with Crippen LogP contribution in [0.3, 0.4) is 0 Å². The Labute approximate surface area is 162 Å². The van der Waals surface area contributed by atoms with Gasteiger partial charge in [0.05, 0.1) is 10.9 Å². The lowest BCUT2D eigenvalue weighted by Crippen LogP contribution is -2.40. The number of carbonyl (C=O) groups excluding carboxylic acids is 1. The van der Waals surface area contributed by atoms with Crippen LogP contribution in [0.4, 0.5) is 0 Å². The van der Waals surface area contributed by atoms with E-state index in [-0.39, 0.29) is 11.2 Å². The molecule has 0 spiro atoms. The number of aryl methyl sites for hydroxylation is 1. The van der Waals surface area contributed by atoms with Gasteiger partial charge in [0.15, 0.2) is 0 Å². The van der Waals surface area contributed by atoms with Crippen molar-refractivity contribution in [2.75, 3.05) is 6.54 Å². The third-order valence-electron chi connectivity index (χ3n) is 4.79. The van der Waals surface area contributed by atoms with Gasteiger partial charge in [-0.3, -0.25) is 4.79 Å². The Morgan fingerprint density at radius 1 is 1.11 bits per heavy atom. The fourth-order valence-electron chi connectivity index (χ4n) is 3.25. The summed E-state index contributed by atoms with van der Waals surface area (Å²) in [5.41, 5.74) is 4.64. The summed E-state index contributed by atoms with van der Waals surface area (Å²) in [6.07, 6.45) is 0.903. The summed E-state index contributed by atoms with van der Waals surface area (Å²) in [7, 11) is 0. The van der Waals surface area contributed by atoms with Gasteiger partial charge >= 0.3 is 0 Å². The number of aromatic nitrogens is 4. The first-order valence-corrected chi connectivity index (χ1v) is 9.87. The minimum absolute atomic E-state index is 0.118. The standard InChI is InChI=1S/C20H21N5OS/c1-14-7-9-18(10-8-14)25-20(21-22-23-25)27-15(2)19(26)24-12-11-16-5-3-4-6-17(16)13-24/h3-10,15H,11-13H2,1-2H3/t15-/m1/s1. The van der Waals surface area contributed by atoms with Crippen LogP contribution in [0.5, 0.6) is 0 Å². The molecule has 27 heavy (non-hydrogen) atoms. The summed E-state index contributed by atoms with van der Waals surface area (Å²) >= 11 is 1.39. The molecule has 1 aliphatic heterocycles. The number of rotatable bonds is 4. The first-order chi connectivity index (χ1) is 13.1. The molecule has 1 aliphatic rings. The number of fused-ring (bicyclic) bond motifs is 1. The molecule has 138 valence electrons. The van der Waals surface area contributed by atoms with E-state index in [0.717, 1.165) is 18.7 Å². The molecular weight excluding hydrogens is 358 g/mol. The average Bonchev–Trinajstić information content (AvgIpc) is 3.15. The minimum atomic E-state index is -0.259. The largest absolute Gasteiger partial charge is 0.337 e. The molecule has 0 unspecified atom stereocenters. The maximum absolute atomic E-state index is 13.0. The van der Waals surface area contributed by atoms with Gasteiger partial charge in [0.2, 0.25) is 11.1 Å². The van der Waals surface area contributed by atoms with Crippen LogP contribution in [-0.4, -0.2) is 42.8 Å². The molecule has 1 atom stereocenters. The number of benzene rings is 2. The first-order valence-electron chi connectivity index (χ1n) is 8.99. The van der Waals surface area contributed by atoms with Crippen molar-refractivity contribution in [1.82, 2.24) is 25.1 Å². The third-order valence-corrected chi connectivity index (χ3v) is 5.81. The second kappa shape index (κ2) is 7.52. The van der Waals surface area contributed by atoms with Crippen LogP contribution in [0, 0.1) is 6.92 Å². The van der Waals surface area contributed by atoms with Crippen LogP contribution in [-0.2, 0) is 17.8 Å². The highest BCUT2D eigenvalue weighted by atomic mass is 32.2. The summed E-state index contributed by atoms with van der Waals surface area (Å²) in [5, 5.41) is 12.3. The summed E-state index contributed by atoms with van der Waals surface area (Å²) in [4.78, 5) is 14.9. The van der Waals surface area contributed by atoms with Gasteiger partial charge < -0.3 is 4.90 Å². The van der Waals surface area contributed by atoms with Crippen LogP contribution in [0.25, 0.3) is 5.69 Å². The van der Waals surface area contributed by atoms with E-state index in [0.29, 0.717) is 11.7 Å². The van der Waals surface area contributed by atoms with Crippen molar-refractivity contribution in [3.8, 4) is 5.69 Å². The molecule has 3 aromatic rings. The molecule has 2 heterocycles. The summed E-state index contributed by atoms with van der Waals surface area (Å²) in [6, 6.07) is 16.3. The number of tetrazole rings is 1. The molecule has 2 aromatic carbocycles. The van der Waals surface area contributed by atoms with Crippen LogP contribution in [0.15, 0.2) is 53.7 Å². The van der Waals surface area contributed by atoms with Gasteiger partial charge in [-0.15, -0.1) is 5.10 Å². The van der Waals surface area contributed by atoms with Gasteiger partial charge in [0.25, 0.3) is 0 Å². The van der Waals surface area contributed by atoms with E-state index in [1.165, 1.54) is 28.5 Å². The maximum Gasteiger partial charge on any atom is 0.236 e. The highest BCUT2D eigenvalue weighted by molar-refractivity contribution is 8.00. The third kappa shape index (κ3) is 3.73. The molecule has 1 amide bonds. The molecule has 0 fully saturated rings.